The molecule has 19 heavy (non-hydrogen) atoms. The molecule has 2 fully saturated rings. The molecule has 3 unspecified atom stereocenters. The molecule has 3 N–H and O–H groups in total. The number of para-hydroxylation sites is 1. The second-order valence-corrected chi connectivity index (χ2v) is 5.64. The summed E-state index contributed by atoms with van der Waals surface area (Å²) in [5.74, 6) is 0.124. The molecule has 2 aliphatic rings. The summed E-state index contributed by atoms with van der Waals surface area (Å²) in [6, 6.07) is 9.88. The fourth-order valence-corrected chi connectivity index (χ4v) is 2.87. The number of carbonyl (C=O) groups excluding carboxylic acids is 1. The highest BCUT2D eigenvalue weighted by Crippen LogP contribution is 2.36. The molecule has 1 saturated carbocycles. The summed E-state index contributed by atoms with van der Waals surface area (Å²) in [5.41, 5.74) is 7.13. The average molecular weight is 260 g/mol. The molecule has 1 aliphatic heterocycles. The Morgan fingerprint density at radius 3 is 2.58 bits per heavy atom. The quantitative estimate of drug-likeness (QED) is 0.855. The van der Waals surface area contributed by atoms with E-state index in [0.29, 0.717) is 13.0 Å². The van der Waals surface area contributed by atoms with Gasteiger partial charge in [-0.2, -0.15) is 0 Å². The van der Waals surface area contributed by atoms with E-state index in [1.807, 2.05) is 35.2 Å². The average Bonchev–Trinajstić information content (AvgIpc) is 3.23. The molecule has 0 spiro atoms. The molecule has 1 aromatic rings. The molecular weight excluding hydrogens is 240 g/mol. The van der Waals surface area contributed by atoms with Crippen LogP contribution in [0.5, 0.6) is 0 Å². The van der Waals surface area contributed by atoms with Gasteiger partial charge in [0.1, 0.15) is 5.78 Å². The molecular formula is C15H20N2O2. The lowest BCUT2D eigenvalue weighted by molar-refractivity contribution is -0.128. The normalized spacial score (nSPS) is 31.3. The van der Waals surface area contributed by atoms with Crippen molar-refractivity contribution in [3.63, 3.8) is 0 Å². The van der Waals surface area contributed by atoms with Crippen LogP contribution in [0.15, 0.2) is 30.3 Å². The van der Waals surface area contributed by atoms with Crippen LogP contribution in [-0.2, 0) is 4.79 Å². The first kappa shape index (κ1) is 12.6. The molecule has 0 bridgehead atoms. The maximum atomic E-state index is 12.2. The van der Waals surface area contributed by atoms with E-state index in [1.165, 1.54) is 0 Å². The highest BCUT2D eigenvalue weighted by Gasteiger charge is 2.42. The van der Waals surface area contributed by atoms with E-state index in [4.69, 9.17) is 5.73 Å². The van der Waals surface area contributed by atoms with Crippen molar-refractivity contribution in [1.29, 1.82) is 0 Å². The first-order chi connectivity index (χ1) is 9.16. The minimum atomic E-state index is -0.594. The third kappa shape index (κ3) is 2.51. The largest absolute Gasteiger partial charge is 0.392 e. The van der Waals surface area contributed by atoms with Crippen LogP contribution >= 0.6 is 0 Å². The summed E-state index contributed by atoms with van der Waals surface area (Å²) in [4.78, 5) is 14.3. The number of benzene rings is 1. The molecule has 102 valence electrons. The smallest absolute Gasteiger partial charge is 0.143 e. The summed E-state index contributed by atoms with van der Waals surface area (Å²) in [7, 11) is 0. The lowest BCUT2D eigenvalue weighted by Crippen LogP contribution is -2.56. The van der Waals surface area contributed by atoms with Crippen molar-refractivity contribution < 1.29 is 9.90 Å². The minimum Gasteiger partial charge on any atom is -0.392 e. The molecule has 1 heterocycles. The lowest BCUT2D eigenvalue weighted by atomic mass is 9.87. The minimum absolute atomic E-state index is 0.187. The first-order valence-corrected chi connectivity index (χ1v) is 6.96. The SMILES string of the molecule is NC1CC(O)C(C(=O)C2CC2)CN1c1ccccc1. The van der Waals surface area contributed by atoms with Crippen LogP contribution in [0.25, 0.3) is 0 Å². The zero-order valence-corrected chi connectivity index (χ0v) is 10.9. The Morgan fingerprint density at radius 2 is 1.95 bits per heavy atom. The number of piperidine rings is 1. The number of rotatable bonds is 3. The van der Waals surface area contributed by atoms with Crippen LogP contribution in [0.2, 0.25) is 0 Å². The van der Waals surface area contributed by atoms with Crippen LogP contribution in [0.4, 0.5) is 5.69 Å². The van der Waals surface area contributed by atoms with E-state index in [9.17, 15) is 9.90 Å². The zero-order chi connectivity index (χ0) is 13.4. The van der Waals surface area contributed by atoms with Crippen molar-refractivity contribution in [2.45, 2.75) is 31.5 Å². The highest BCUT2D eigenvalue weighted by atomic mass is 16.3. The Labute approximate surface area is 113 Å². The number of aliphatic hydroxyl groups is 1. The van der Waals surface area contributed by atoms with Crippen molar-refractivity contribution in [2.75, 3.05) is 11.4 Å². The number of hydrogen-bond donors (Lipinski definition) is 2. The first-order valence-electron chi connectivity index (χ1n) is 6.96. The topological polar surface area (TPSA) is 66.6 Å². The van der Waals surface area contributed by atoms with Crippen molar-refractivity contribution in [2.24, 2.45) is 17.6 Å². The van der Waals surface area contributed by atoms with E-state index < -0.39 is 6.10 Å². The second-order valence-electron chi connectivity index (χ2n) is 5.64. The van der Waals surface area contributed by atoms with Gasteiger partial charge in [-0.1, -0.05) is 18.2 Å². The maximum absolute atomic E-state index is 12.2. The van der Waals surface area contributed by atoms with Gasteiger partial charge in [0, 0.05) is 24.6 Å². The van der Waals surface area contributed by atoms with Gasteiger partial charge >= 0.3 is 0 Å². The van der Waals surface area contributed by atoms with Gasteiger partial charge in [0.05, 0.1) is 18.2 Å². The molecule has 1 saturated heterocycles. The third-order valence-electron chi connectivity index (χ3n) is 4.17. The van der Waals surface area contributed by atoms with Crippen LogP contribution in [-0.4, -0.2) is 29.7 Å². The van der Waals surface area contributed by atoms with Gasteiger partial charge in [0.15, 0.2) is 0 Å². The highest BCUT2D eigenvalue weighted by molar-refractivity contribution is 5.86. The van der Waals surface area contributed by atoms with E-state index >= 15 is 0 Å². The molecule has 4 nitrogen and oxygen atoms in total. The number of hydrogen-bond acceptors (Lipinski definition) is 4. The third-order valence-corrected chi connectivity index (χ3v) is 4.17. The van der Waals surface area contributed by atoms with Gasteiger partial charge < -0.3 is 15.7 Å². The van der Waals surface area contributed by atoms with Crippen LogP contribution in [0.3, 0.4) is 0 Å². The predicted molar refractivity (Wildman–Crippen MR) is 73.6 cm³/mol. The van der Waals surface area contributed by atoms with Gasteiger partial charge in [-0.15, -0.1) is 0 Å². The van der Waals surface area contributed by atoms with E-state index in [-0.39, 0.29) is 23.8 Å². The number of anilines is 1. The molecule has 4 heteroatoms. The van der Waals surface area contributed by atoms with E-state index in [2.05, 4.69) is 0 Å². The number of Topliss-reactive ketones (excluding diaryl/α,β-unsaturated/α-hetero) is 1. The molecule has 1 aromatic carbocycles. The molecule has 0 amide bonds. The summed E-state index contributed by atoms with van der Waals surface area (Å²) >= 11 is 0. The number of ketones is 1. The van der Waals surface area contributed by atoms with Crippen molar-refractivity contribution in [3.8, 4) is 0 Å². The van der Waals surface area contributed by atoms with Gasteiger partial charge in [-0.25, -0.2) is 0 Å². The van der Waals surface area contributed by atoms with E-state index in [0.717, 1.165) is 18.5 Å². The Hall–Kier alpha value is -1.39. The summed E-state index contributed by atoms with van der Waals surface area (Å²) < 4.78 is 0. The maximum Gasteiger partial charge on any atom is 0.143 e. The molecule has 3 rings (SSSR count). The van der Waals surface area contributed by atoms with Gasteiger partial charge in [0.2, 0.25) is 0 Å². The Balaban J connectivity index is 1.79. The second kappa shape index (κ2) is 4.94. The van der Waals surface area contributed by atoms with Crippen molar-refractivity contribution in [3.05, 3.63) is 30.3 Å². The standard InChI is InChI=1S/C15H20N2O2/c16-14-8-13(18)12(15(19)10-6-7-10)9-17(14)11-4-2-1-3-5-11/h1-5,10,12-14,18H,6-9,16H2. The Bertz CT molecular complexity index is 458. The number of carbonyl (C=O) groups is 1. The van der Waals surface area contributed by atoms with Crippen LogP contribution < -0.4 is 10.6 Å². The predicted octanol–water partition coefficient (Wildman–Crippen LogP) is 1.14. The van der Waals surface area contributed by atoms with Crippen molar-refractivity contribution >= 4 is 11.5 Å². The van der Waals surface area contributed by atoms with Gasteiger partial charge in [0.25, 0.3) is 0 Å². The van der Waals surface area contributed by atoms with Crippen LogP contribution in [0.1, 0.15) is 19.3 Å². The molecule has 0 aromatic heterocycles. The Morgan fingerprint density at radius 1 is 1.26 bits per heavy atom. The van der Waals surface area contributed by atoms with Gasteiger partial charge in [-0.3, -0.25) is 4.79 Å². The number of nitrogens with two attached hydrogens (primary N) is 1. The van der Waals surface area contributed by atoms with Crippen LogP contribution in [0, 0.1) is 11.8 Å². The molecule has 0 radical (unpaired) electrons. The number of nitrogens with zero attached hydrogens (tertiary/aromatic N) is 1. The van der Waals surface area contributed by atoms with Gasteiger partial charge in [-0.05, 0) is 25.0 Å². The zero-order valence-electron chi connectivity index (χ0n) is 10.9. The summed E-state index contributed by atoms with van der Waals surface area (Å²) in [6.45, 7) is 0.529. The molecule has 3 atom stereocenters. The summed E-state index contributed by atoms with van der Waals surface area (Å²) in [6.07, 6.45) is 1.61. The number of aliphatic hydroxyl groups excluding tert-OH is 1. The fourth-order valence-electron chi connectivity index (χ4n) is 2.87. The summed E-state index contributed by atoms with van der Waals surface area (Å²) in [5, 5.41) is 10.1. The monoisotopic (exact) mass is 260 g/mol. The van der Waals surface area contributed by atoms with Crippen molar-refractivity contribution in [1.82, 2.24) is 0 Å². The molecule has 1 aliphatic carbocycles. The Kier molecular flexibility index (Phi) is 3.29. The lowest BCUT2D eigenvalue weighted by Gasteiger charge is -2.41. The van der Waals surface area contributed by atoms with E-state index in [1.54, 1.807) is 0 Å². The fraction of sp³-hybridized carbons (Fsp3) is 0.533.